The minimum Gasteiger partial charge on any atom is -0.478 e. The molecule has 150 valence electrons. The highest BCUT2D eigenvalue weighted by molar-refractivity contribution is 6.30. The number of halogens is 1. The number of aryl methyl sites for hydroxylation is 1. The first-order valence-corrected chi connectivity index (χ1v) is 10.2. The fourth-order valence-electron chi connectivity index (χ4n) is 3.77. The van der Waals surface area contributed by atoms with Crippen molar-refractivity contribution in [2.45, 2.75) is 20.0 Å². The molecule has 0 aliphatic carbocycles. The summed E-state index contributed by atoms with van der Waals surface area (Å²) < 4.78 is 12.0. The summed E-state index contributed by atoms with van der Waals surface area (Å²) in [6.45, 7) is 3.88. The molecule has 0 amide bonds. The lowest BCUT2D eigenvalue weighted by Crippen LogP contribution is -2.31. The van der Waals surface area contributed by atoms with Crippen molar-refractivity contribution in [1.29, 1.82) is 0 Å². The normalized spacial score (nSPS) is 16.7. The zero-order valence-corrected chi connectivity index (χ0v) is 17.3. The smallest absolute Gasteiger partial charge is 0.231 e. The van der Waals surface area contributed by atoms with Crippen LogP contribution in [0.5, 0.6) is 11.5 Å². The standard InChI is InChI=1S/C25H20ClNO3/c1-16-2-4-17(5-3-16)12-23-24(28)20-10-11-22-21(25(20)30-23)14-27(15-29-22)13-18-6-8-19(26)9-7-18/h2-12H,13-15H2,1H3/b23-12-. The zero-order valence-electron chi connectivity index (χ0n) is 16.5. The second-order valence-electron chi connectivity index (χ2n) is 7.66. The Morgan fingerprint density at radius 3 is 2.57 bits per heavy atom. The molecule has 5 heteroatoms. The molecular formula is C25H20ClNO3. The summed E-state index contributed by atoms with van der Waals surface area (Å²) in [6, 6.07) is 19.4. The Kier molecular flexibility index (Phi) is 4.81. The van der Waals surface area contributed by atoms with Crippen LogP contribution in [-0.4, -0.2) is 17.4 Å². The molecule has 0 atom stereocenters. The highest BCUT2D eigenvalue weighted by atomic mass is 35.5. The van der Waals surface area contributed by atoms with Gasteiger partial charge in [-0.25, -0.2) is 0 Å². The number of carbonyl (C=O) groups excluding carboxylic acids is 1. The van der Waals surface area contributed by atoms with E-state index in [9.17, 15) is 4.79 Å². The van der Waals surface area contributed by atoms with Gasteiger partial charge in [-0.1, -0.05) is 53.6 Å². The first-order valence-electron chi connectivity index (χ1n) is 9.83. The van der Waals surface area contributed by atoms with Gasteiger partial charge in [0.15, 0.2) is 5.76 Å². The Morgan fingerprint density at radius 2 is 1.80 bits per heavy atom. The van der Waals surface area contributed by atoms with Gasteiger partial charge in [0.25, 0.3) is 0 Å². The zero-order chi connectivity index (χ0) is 20.7. The van der Waals surface area contributed by atoms with Crippen molar-refractivity contribution in [3.05, 3.63) is 99.3 Å². The van der Waals surface area contributed by atoms with Crippen LogP contribution < -0.4 is 9.47 Å². The van der Waals surface area contributed by atoms with Crippen LogP contribution >= 0.6 is 11.6 Å². The second kappa shape index (κ2) is 7.63. The Balaban J connectivity index is 1.41. The Bertz CT molecular complexity index is 1150. The molecule has 3 aromatic carbocycles. The van der Waals surface area contributed by atoms with Gasteiger partial charge in [-0.2, -0.15) is 0 Å². The third-order valence-corrected chi connectivity index (χ3v) is 5.63. The van der Waals surface area contributed by atoms with Crippen molar-refractivity contribution in [3.63, 3.8) is 0 Å². The molecule has 0 saturated heterocycles. The first kappa shape index (κ1) is 18.9. The molecule has 4 nitrogen and oxygen atoms in total. The van der Waals surface area contributed by atoms with Crippen molar-refractivity contribution >= 4 is 23.5 Å². The number of carbonyl (C=O) groups is 1. The summed E-state index contributed by atoms with van der Waals surface area (Å²) in [5.41, 5.74) is 4.76. The van der Waals surface area contributed by atoms with E-state index in [4.69, 9.17) is 21.1 Å². The molecule has 0 unspecified atom stereocenters. The first-order chi connectivity index (χ1) is 14.6. The summed E-state index contributed by atoms with van der Waals surface area (Å²) in [6.07, 6.45) is 1.79. The van der Waals surface area contributed by atoms with E-state index in [1.807, 2.05) is 61.5 Å². The molecule has 0 fully saturated rings. The van der Waals surface area contributed by atoms with Gasteiger partial charge in [0.05, 0.1) is 11.1 Å². The minimum absolute atomic E-state index is 0.0943. The topological polar surface area (TPSA) is 38.8 Å². The van der Waals surface area contributed by atoms with Gasteiger partial charge in [-0.15, -0.1) is 0 Å². The number of hydrogen-bond acceptors (Lipinski definition) is 4. The third kappa shape index (κ3) is 3.60. The van der Waals surface area contributed by atoms with Crippen LogP contribution in [0.25, 0.3) is 6.08 Å². The highest BCUT2D eigenvalue weighted by Crippen LogP contribution is 2.42. The monoisotopic (exact) mass is 417 g/mol. The summed E-state index contributed by atoms with van der Waals surface area (Å²) >= 11 is 5.99. The van der Waals surface area contributed by atoms with Crippen molar-refractivity contribution in [2.24, 2.45) is 0 Å². The van der Waals surface area contributed by atoms with Crippen molar-refractivity contribution in [3.8, 4) is 11.5 Å². The Morgan fingerprint density at radius 1 is 1.03 bits per heavy atom. The van der Waals surface area contributed by atoms with Crippen LogP contribution in [0.1, 0.15) is 32.6 Å². The number of ether oxygens (including phenoxy) is 2. The Labute approximate surface area is 180 Å². The van der Waals surface area contributed by atoms with Crippen LogP contribution in [0, 0.1) is 6.92 Å². The number of allylic oxidation sites excluding steroid dienone is 1. The molecule has 30 heavy (non-hydrogen) atoms. The van der Waals surface area contributed by atoms with Crippen LogP contribution in [0.2, 0.25) is 5.02 Å². The number of fused-ring (bicyclic) bond motifs is 3. The van der Waals surface area contributed by atoms with E-state index in [1.54, 1.807) is 12.1 Å². The molecule has 0 aromatic heterocycles. The SMILES string of the molecule is Cc1ccc(/C=C2\Oc3c(ccc4c3CN(Cc3ccc(Cl)cc3)CO4)C2=O)cc1. The van der Waals surface area contributed by atoms with Crippen molar-refractivity contribution in [2.75, 3.05) is 6.73 Å². The molecule has 3 aromatic rings. The van der Waals surface area contributed by atoms with E-state index in [1.165, 1.54) is 5.56 Å². The number of Topliss-reactive ketones (excluding diaryl/α,β-unsaturated/α-hetero) is 1. The number of nitrogens with zero attached hydrogens (tertiary/aromatic N) is 1. The predicted octanol–water partition coefficient (Wildman–Crippen LogP) is 5.62. The number of rotatable bonds is 3. The van der Waals surface area contributed by atoms with E-state index in [-0.39, 0.29) is 5.78 Å². The molecule has 0 radical (unpaired) electrons. The van der Waals surface area contributed by atoms with E-state index in [0.717, 1.165) is 34.0 Å². The van der Waals surface area contributed by atoms with E-state index < -0.39 is 0 Å². The average molecular weight is 418 g/mol. The lowest BCUT2D eigenvalue weighted by atomic mass is 10.0. The summed E-state index contributed by atoms with van der Waals surface area (Å²) in [4.78, 5) is 15.1. The maximum Gasteiger partial charge on any atom is 0.231 e. The van der Waals surface area contributed by atoms with Gasteiger partial charge in [0.2, 0.25) is 5.78 Å². The minimum atomic E-state index is -0.0943. The van der Waals surface area contributed by atoms with Gasteiger partial charge in [-0.3, -0.25) is 9.69 Å². The van der Waals surface area contributed by atoms with Gasteiger partial charge >= 0.3 is 0 Å². The van der Waals surface area contributed by atoms with Crippen molar-refractivity contribution < 1.29 is 14.3 Å². The van der Waals surface area contributed by atoms with Gasteiger partial charge < -0.3 is 9.47 Å². The largest absolute Gasteiger partial charge is 0.478 e. The Hall–Kier alpha value is -3.08. The average Bonchev–Trinajstić information content (AvgIpc) is 3.07. The van der Waals surface area contributed by atoms with Crippen LogP contribution in [-0.2, 0) is 13.1 Å². The summed E-state index contributed by atoms with van der Waals surface area (Å²) in [7, 11) is 0. The molecule has 2 aliphatic rings. The number of hydrogen-bond donors (Lipinski definition) is 0. The molecule has 0 spiro atoms. The van der Waals surface area contributed by atoms with Crippen LogP contribution in [0.3, 0.4) is 0 Å². The second-order valence-corrected chi connectivity index (χ2v) is 8.09. The van der Waals surface area contributed by atoms with E-state index in [0.29, 0.717) is 30.3 Å². The van der Waals surface area contributed by atoms with E-state index in [2.05, 4.69) is 4.90 Å². The number of benzene rings is 3. The number of ketones is 1. The third-order valence-electron chi connectivity index (χ3n) is 5.38. The molecule has 2 heterocycles. The van der Waals surface area contributed by atoms with Crippen molar-refractivity contribution in [1.82, 2.24) is 4.90 Å². The molecular weight excluding hydrogens is 398 g/mol. The molecule has 5 rings (SSSR count). The fourth-order valence-corrected chi connectivity index (χ4v) is 3.89. The van der Waals surface area contributed by atoms with Crippen LogP contribution in [0.4, 0.5) is 0 Å². The van der Waals surface area contributed by atoms with Crippen LogP contribution in [0.15, 0.2) is 66.4 Å². The van der Waals surface area contributed by atoms with Gasteiger partial charge in [-0.05, 0) is 48.4 Å². The molecule has 0 bridgehead atoms. The predicted molar refractivity (Wildman–Crippen MR) is 117 cm³/mol. The maximum atomic E-state index is 12.9. The summed E-state index contributed by atoms with van der Waals surface area (Å²) in [5.74, 6) is 1.63. The molecule has 0 saturated carbocycles. The van der Waals surface area contributed by atoms with Gasteiger partial charge in [0, 0.05) is 18.1 Å². The maximum absolute atomic E-state index is 12.9. The lowest BCUT2D eigenvalue weighted by Gasteiger charge is -2.29. The van der Waals surface area contributed by atoms with Gasteiger partial charge in [0.1, 0.15) is 18.2 Å². The highest BCUT2D eigenvalue weighted by Gasteiger charge is 2.33. The lowest BCUT2D eigenvalue weighted by molar-refractivity contribution is 0.0873. The fraction of sp³-hybridized carbons (Fsp3) is 0.160. The quantitative estimate of drug-likeness (QED) is 0.519. The van der Waals surface area contributed by atoms with E-state index >= 15 is 0 Å². The molecule has 0 N–H and O–H groups in total. The summed E-state index contributed by atoms with van der Waals surface area (Å²) in [5, 5.41) is 0.719. The molecule has 2 aliphatic heterocycles.